The molecule has 2 unspecified atom stereocenters. The molecule has 0 saturated carbocycles. The molecule has 114 valence electrons. The third-order valence-electron chi connectivity index (χ3n) is 4.40. The number of hydrogen-bond acceptors (Lipinski definition) is 3. The van der Waals surface area contributed by atoms with Crippen LogP contribution in [0.3, 0.4) is 0 Å². The molecular weight excluding hydrogens is 288 g/mol. The van der Waals surface area contributed by atoms with Crippen LogP contribution in [0.15, 0.2) is 60.9 Å². The molecule has 2 atom stereocenters. The number of benzene rings is 2. The van der Waals surface area contributed by atoms with E-state index in [1.807, 2.05) is 48.5 Å². The summed E-state index contributed by atoms with van der Waals surface area (Å²) in [6.07, 6.45) is 3.28. The van der Waals surface area contributed by atoms with Gasteiger partial charge in [-0.25, -0.2) is 0 Å². The third kappa shape index (κ3) is 2.37. The number of nitrogens with zero attached hydrogens (tertiary/aromatic N) is 1. The number of rotatable bonds is 2. The number of aliphatic hydroxyl groups excluding tert-OH is 1. The molecule has 2 aromatic carbocycles. The summed E-state index contributed by atoms with van der Waals surface area (Å²) in [5, 5.41) is 15.0. The van der Waals surface area contributed by atoms with Gasteiger partial charge in [0.2, 0.25) is 0 Å². The molecule has 0 fully saturated rings. The van der Waals surface area contributed by atoms with Crippen molar-refractivity contribution in [1.82, 2.24) is 10.3 Å². The Kier molecular flexibility index (Phi) is 3.32. The second-order valence-corrected chi connectivity index (χ2v) is 5.83. The zero-order valence-corrected chi connectivity index (χ0v) is 12.4. The van der Waals surface area contributed by atoms with E-state index >= 15 is 0 Å². The number of carbonyl (C=O) groups is 1. The normalized spacial score (nSPS) is 19.5. The number of nitrogens with one attached hydrogen (secondary N) is 1. The van der Waals surface area contributed by atoms with Crippen LogP contribution in [0.4, 0.5) is 0 Å². The van der Waals surface area contributed by atoms with E-state index < -0.39 is 6.10 Å². The molecule has 1 aromatic heterocycles. The fraction of sp³-hybridized carbons (Fsp3) is 0.158. The third-order valence-corrected chi connectivity index (χ3v) is 4.40. The van der Waals surface area contributed by atoms with Crippen molar-refractivity contribution in [2.75, 3.05) is 0 Å². The van der Waals surface area contributed by atoms with Crippen LogP contribution in [0.2, 0.25) is 0 Å². The van der Waals surface area contributed by atoms with E-state index in [0.717, 1.165) is 21.9 Å². The Balaban J connectivity index is 1.68. The summed E-state index contributed by atoms with van der Waals surface area (Å²) in [4.78, 5) is 16.9. The predicted octanol–water partition coefficient (Wildman–Crippen LogP) is 2.62. The zero-order chi connectivity index (χ0) is 15.8. The van der Waals surface area contributed by atoms with E-state index in [1.165, 1.54) is 0 Å². The van der Waals surface area contributed by atoms with Gasteiger partial charge in [0.1, 0.15) is 0 Å². The topological polar surface area (TPSA) is 62.2 Å². The molecule has 0 saturated heterocycles. The second kappa shape index (κ2) is 5.48. The van der Waals surface area contributed by atoms with Gasteiger partial charge in [-0.15, -0.1) is 0 Å². The van der Waals surface area contributed by atoms with Gasteiger partial charge in [-0.3, -0.25) is 9.78 Å². The molecule has 23 heavy (non-hydrogen) atoms. The maximum Gasteiger partial charge on any atom is 0.254 e. The van der Waals surface area contributed by atoms with Crippen LogP contribution in [-0.4, -0.2) is 22.1 Å². The quantitative estimate of drug-likeness (QED) is 0.765. The highest BCUT2D eigenvalue weighted by Crippen LogP contribution is 2.31. The van der Waals surface area contributed by atoms with Crippen LogP contribution in [0.25, 0.3) is 10.8 Å². The number of hydrogen-bond donors (Lipinski definition) is 2. The number of amides is 1. The van der Waals surface area contributed by atoms with E-state index in [-0.39, 0.29) is 11.9 Å². The fourth-order valence-corrected chi connectivity index (χ4v) is 3.26. The van der Waals surface area contributed by atoms with Crippen LogP contribution >= 0.6 is 0 Å². The van der Waals surface area contributed by atoms with Gasteiger partial charge in [0.25, 0.3) is 5.91 Å². The van der Waals surface area contributed by atoms with E-state index in [1.54, 1.807) is 12.4 Å². The average molecular weight is 304 g/mol. The zero-order valence-electron chi connectivity index (χ0n) is 12.4. The van der Waals surface area contributed by atoms with Gasteiger partial charge in [0.05, 0.1) is 17.7 Å². The second-order valence-electron chi connectivity index (χ2n) is 5.83. The molecule has 1 aliphatic rings. The molecular formula is C19H16N2O2. The highest BCUT2D eigenvalue weighted by atomic mass is 16.3. The molecule has 0 bridgehead atoms. The van der Waals surface area contributed by atoms with Gasteiger partial charge in [-0.2, -0.15) is 0 Å². The van der Waals surface area contributed by atoms with Crippen LogP contribution in [0.5, 0.6) is 0 Å². The molecule has 4 nitrogen and oxygen atoms in total. The summed E-state index contributed by atoms with van der Waals surface area (Å²) in [7, 11) is 0. The van der Waals surface area contributed by atoms with Crippen molar-refractivity contribution in [1.29, 1.82) is 0 Å². The number of carbonyl (C=O) groups excluding carboxylic acids is 1. The van der Waals surface area contributed by atoms with Crippen LogP contribution < -0.4 is 5.32 Å². The summed E-state index contributed by atoms with van der Waals surface area (Å²) in [6.45, 7) is 0. The first-order valence-electron chi connectivity index (χ1n) is 7.63. The van der Waals surface area contributed by atoms with Crippen molar-refractivity contribution >= 4 is 16.7 Å². The van der Waals surface area contributed by atoms with E-state index in [0.29, 0.717) is 12.0 Å². The highest BCUT2D eigenvalue weighted by molar-refractivity contribution is 6.06. The van der Waals surface area contributed by atoms with Crippen LogP contribution in [-0.2, 0) is 6.42 Å². The minimum absolute atomic E-state index is 0.213. The van der Waals surface area contributed by atoms with Crippen molar-refractivity contribution in [2.24, 2.45) is 0 Å². The summed E-state index contributed by atoms with van der Waals surface area (Å²) in [5.74, 6) is -0.213. The first kappa shape index (κ1) is 13.9. The number of aliphatic hydroxyl groups is 1. The lowest BCUT2D eigenvalue weighted by Gasteiger charge is -2.18. The Hall–Kier alpha value is -2.72. The molecule has 2 N–H and O–H groups in total. The molecule has 3 aromatic rings. The Bertz CT molecular complexity index is 886. The number of fused-ring (bicyclic) bond motifs is 2. The molecule has 0 spiro atoms. The van der Waals surface area contributed by atoms with Gasteiger partial charge in [0, 0.05) is 24.2 Å². The first-order chi connectivity index (χ1) is 11.2. The average Bonchev–Trinajstić information content (AvgIpc) is 2.90. The molecule has 1 amide bonds. The molecule has 4 rings (SSSR count). The van der Waals surface area contributed by atoms with Crippen molar-refractivity contribution in [3.63, 3.8) is 0 Å². The molecule has 1 aliphatic carbocycles. The summed E-state index contributed by atoms with van der Waals surface area (Å²) < 4.78 is 0. The molecule has 0 aliphatic heterocycles. The lowest BCUT2D eigenvalue weighted by atomic mass is 10.1. The fourth-order valence-electron chi connectivity index (χ4n) is 3.26. The Morgan fingerprint density at radius 1 is 1.09 bits per heavy atom. The first-order valence-corrected chi connectivity index (χ1v) is 7.63. The van der Waals surface area contributed by atoms with Gasteiger partial charge < -0.3 is 10.4 Å². The lowest BCUT2D eigenvalue weighted by molar-refractivity contribution is 0.0859. The van der Waals surface area contributed by atoms with Crippen molar-refractivity contribution in [2.45, 2.75) is 18.6 Å². The van der Waals surface area contributed by atoms with E-state index in [2.05, 4.69) is 10.3 Å². The Morgan fingerprint density at radius 2 is 1.87 bits per heavy atom. The Morgan fingerprint density at radius 3 is 2.78 bits per heavy atom. The molecule has 0 radical (unpaired) electrons. The number of aromatic nitrogens is 1. The van der Waals surface area contributed by atoms with E-state index in [4.69, 9.17) is 0 Å². The van der Waals surface area contributed by atoms with Gasteiger partial charge in [0.15, 0.2) is 0 Å². The van der Waals surface area contributed by atoms with Crippen molar-refractivity contribution in [3.8, 4) is 0 Å². The predicted molar refractivity (Wildman–Crippen MR) is 88.1 cm³/mol. The van der Waals surface area contributed by atoms with Gasteiger partial charge in [-0.1, -0.05) is 48.5 Å². The minimum atomic E-state index is -0.598. The van der Waals surface area contributed by atoms with Crippen molar-refractivity contribution in [3.05, 3.63) is 77.6 Å². The summed E-state index contributed by atoms with van der Waals surface area (Å²) >= 11 is 0. The minimum Gasteiger partial charge on any atom is -0.390 e. The van der Waals surface area contributed by atoms with Gasteiger partial charge in [-0.05, 0) is 16.5 Å². The van der Waals surface area contributed by atoms with Crippen LogP contribution in [0.1, 0.15) is 27.5 Å². The monoisotopic (exact) mass is 304 g/mol. The van der Waals surface area contributed by atoms with Gasteiger partial charge >= 0.3 is 0 Å². The molecule has 1 heterocycles. The summed E-state index contributed by atoms with van der Waals surface area (Å²) in [5.41, 5.74) is 2.60. The maximum absolute atomic E-state index is 12.7. The van der Waals surface area contributed by atoms with Crippen LogP contribution in [0, 0.1) is 0 Å². The summed E-state index contributed by atoms with van der Waals surface area (Å²) in [6, 6.07) is 15.1. The highest BCUT2D eigenvalue weighted by Gasteiger charge is 2.32. The van der Waals surface area contributed by atoms with E-state index in [9.17, 15) is 9.90 Å². The SMILES string of the molecule is O=C(NC1c2ccccc2CC1O)c1cncc2ccccc12. The standard InChI is InChI=1S/C19H16N2O2/c22-17-9-12-5-1-4-8-15(12)18(17)21-19(23)16-11-20-10-13-6-2-3-7-14(13)16/h1-8,10-11,17-18,22H,9H2,(H,21,23). The molecule has 4 heteroatoms. The largest absolute Gasteiger partial charge is 0.390 e. The maximum atomic E-state index is 12.7. The number of pyridine rings is 1. The van der Waals surface area contributed by atoms with Crippen molar-refractivity contribution < 1.29 is 9.90 Å². The lowest BCUT2D eigenvalue weighted by Crippen LogP contribution is -2.34. The Labute approximate surface area is 133 Å². The smallest absolute Gasteiger partial charge is 0.254 e.